The number of thioether (sulfide) groups is 1. The first kappa shape index (κ1) is 30.3. The molecular formula is C29H23BrClFN2O6S. The summed E-state index contributed by atoms with van der Waals surface area (Å²) in [6.07, 6.45) is 2.15. The van der Waals surface area contributed by atoms with Gasteiger partial charge in [0.05, 0.1) is 22.1 Å². The second-order valence-electron chi connectivity index (χ2n) is 8.74. The predicted molar refractivity (Wildman–Crippen MR) is 158 cm³/mol. The number of ether oxygens (including phenoxy) is 2. The number of anilines is 1. The molecule has 0 unspecified atom stereocenters. The largest absolute Gasteiger partial charge is 0.488 e. The molecule has 1 heterocycles. The van der Waals surface area contributed by atoms with Gasteiger partial charge < -0.3 is 14.8 Å². The van der Waals surface area contributed by atoms with E-state index in [4.69, 9.17) is 21.1 Å². The molecule has 0 spiro atoms. The Labute approximate surface area is 253 Å². The first-order chi connectivity index (χ1) is 19.6. The summed E-state index contributed by atoms with van der Waals surface area (Å²) in [5, 5.41) is 2.13. The molecule has 1 N–H and O–H groups in total. The number of carbonyl (C=O) groups excluding carboxylic acids is 4. The van der Waals surface area contributed by atoms with Gasteiger partial charge in [-0.15, -0.1) is 0 Å². The molecule has 0 aliphatic carbocycles. The highest BCUT2D eigenvalue weighted by Gasteiger charge is 2.36. The maximum absolute atomic E-state index is 13.2. The summed E-state index contributed by atoms with van der Waals surface area (Å²) >= 11 is 10.2. The van der Waals surface area contributed by atoms with Crippen molar-refractivity contribution in [2.45, 2.75) is 20.0 Å². The molecule has 0 saturated carbocycles. The molecule has 0 bridgehead atoms. The number of nitrogens with zero attached hydrogens (tertiary/aromatic N) is 1. The maximum Gasteiger partial charge on any atom is 0.339 e. The lowest BCUT2D eigenvalue weighted by Gasteiger charge is -2.13. The number of benzene rings is 3. The second kappa shape index (κ2) is 13.8. The quantitative estimate of drug-likeness (QED) is 0.183. The van der Waals surface area contributed by atoms with Crippen LogP contribution >= 0.6 is 39.3 Å². The van der Waals surface area contributed by atoms with E-state index in [1.165, 1.54) is 36.4 Å². The number of halogens is 3. The highest BCUT2D eigenvalue weighted by atomic mass is 79.9. The summed E-state index contributed by atoms with van der Waals surface area (Å²) in [5.41, 5.74) is 1.61. The van der Waals surface area contributed by atoms with Crippen LogP contribution < -0.4 is 10.1 Å². The van der Waals surface area contributed by atoms with Crippen molar-refractivity contribution in [2.24, 2.45) is 0 Å². The Balaban J connectivity index is 1.44. The van der Waals surface area contributed by atoms with Gasteiger partial charge in [0.1, 0.15) is 24.7 Å². The summed E-state index contributed by atoms with van der Waals surface area (Å²) in [7, 11) is 0. The number of esters is 1. The fraction of sp³-hybridized carbons (Fsp3) is 0.172. The van der Waals surface area contributed by atoms with Gasteiger partial charge in [-0.2, -0.15) is 0 Å². The van der Waals surface area contributed by atoms with Gasteiger partial charge in [0.15, 0.2) is 0 Å². The van der Waals surface area contributed by atoms with Crippen molar-refractivity contribution in [3.05, 3.63) is 97.6 Å². The van der Waals surface area contributed by atoms with Gasteiger partial charge in [0.2, 0.25) is 5.91 Å². The normalized spacial score (nSPS) is 14.0. The van der Waals surface area contributed by atoms with Gasteiger partial charge >= 0.3 is 5.97 Å². The van der Waals surface area contributed by atoms with Crippen molar-refractivity contribution in [2.75, 3.05) is 18.5 Å². The number of imide groups is 1. The standard InChI is InChI=1S/C29H23BrClFN2O6S/c1-2-11-39-28(37)22-14-21(8-9-23(22)31)33-26(35)15-34-27(36)25(41-29(34)38)13-18-12-19(30)5-10-24(18)40-16-17-3-6-20(32)7-4-17/h3-10,12-14H,2,11,15-16H2,1H3,(H,33,35)/b25-13-. The van der Waals surface area contributed by atoms with E-state index in [1.54, 1.807) is 30.3 Å². The van der Waals surface area contributed by atoms with Gasteiger partial charge in [-0.05, 0) is 78.4 Å². The highest BCUT2D eigenvalue weighted by molar-refractivity contribution is 9.10. The summed E-state index contributed by atoms with van der Waals surface area (Å²) in [6, 6.07) is 15.4. The third-order valence-corrected chi connectivity index (χ3v) is 7.38. The molecule has 212 valence electrons. The fourth-order valence-corrected chi connectivity index (χ4v) is 5.06. The van der Waals surface area contributed by atoms with Gasteiger partial charge in [0.25, 0.3) is 11.1 Å². The molecule has 4 rings (SSSR count). The van der Waals surface area contributed by atoms with Crippen LogP contribution in [0.25, 0.3) is 6.08 Å². The summed E-state index contributed by atoms with van der Waals surface area (Å²) in [5.74, 6) is -1.82. The summed E-state index contributed by atoms with van der Waals surface area (Å²) in [6.45, 7) is 1.70. The minimum absolute atomic E-state index is 0.0819. The van der Waals surface area contributed by atoms with E-state index >= 15 is 0 Å². The zero-order valence-corrected chi connectivity index (χ0v) is 24.8. The number of rotatable bonds is 10. The van der Waals surface area contributed by atoms with Crippen LogP contribution in [0, 0.1) is 5.82 Å². The number of carbonyl (C=O) groups is 4. The zero-order valence-electron chi connectivity index (χ0n) is 21.6. The molecule has 41 heavy (non-hydrogen) atoms. The average Bonchev–Trinajstić information content (AvgIpc) is 3.20. The monoisotopic (exact) mass is 660 g/mol. The van der Waals surface area contributed by atoms with E-state index in [0.29, 0.717) is 29.5 Å². The smallest absolute Gasteiger partial charge is 0.339 e. The SMILES string of the molecule is CCCOC(=O)c1cc(NC(=O)CN2C(=O)S/C(=C\c3cc(Br)ccc3OCc3ccc(F)cc3)C2=O)ccc1Cl. The molecule has 3 aromatic carbocycles. The van der Waals surface area contributed by atoms with E-state index in [9.17, 15) is 23.6 Å². The number of hydrogen-bond donors (Lipinski definition) is 1. The Morgan fingerprint density at radius 1 is 1.10 bits per heavy atom. The van der Waals surface area contributed by atoms with E-state index in [-0.39, 0.29) is 40.2 Å². The van der Waals surface area contributed by atoms with Crippen molar-refractivity contribution in [3.63, 3.8) is 0 Å². The zero-order chi connectivity index (χ0) is 29.5. The van der Waals surface area contributed by atoms with Crippen LogP contribution in [0.1, 0.15) is 34.8 Å². The molecule has 1 fully saturated rings. The van der Waals surface area contributed by atoms with Crippen molar-refractivity contribution < 1.29 is 33.0 Å². The fourth-order valence-electron chi connectivity index (χ4n) is 3.66. The van der Waals surface area contributed by atoms with Crippen molar-refractivity contribution >= 4 is 74.1 Å². The molecule has 1 aliphatic heterocycles. The Kier molecular flexibility index (Phi) is 10.2. The first-order valence-corrected chi connectivity index (χ1v) is 14.3. The molecule has 1 saturated heterocycles. The lowest BCUT2D eigenvalue weighted by Crippen LogP contribution is -2.36. The molecular weight excluding hydrogens is 639 g/mol. The molecule has 12 heteroatoms. The molecule has 1 aliphatic rings. The minimum atomic E-state index is -0.644. The number of nitrogens with one attached hydrogen (secondary N) is 1. The highest BCUT2D eigenvalue weighted by Crippen LogP contribution is 2.35. The maximum atomic E-state index is 13.2. The molecule has 0 atom stereocenters. The van der Waals surface area contributed by atoms with Gasteiger partial charge in [0, 0.05) is 15.7 Å². The third-order valence-electron chi connectivity index (χ3n) is 5.65. The van der Waals surface area contributed by atoms with Crippen LogP contribution in [0.3, 0.4) is 0 Å². The lowest BCUT2D eigenvalue weighted by atomic mass is 10.1. The van der Waals surface area contributed by atoms with E-state index in [1.807, 2.05) is 6.92 Å². The molecule has 0 radical (unpaired) electrons. The van der Waals surface area contributed by atoms with Crippen LogP contribution in [0.4, 0.5) is 14.9 Å². The van der Waals surface area contributed by atoms with Crippen LogP contribution in [0.15, 0.2) is 70.0 Å². The van der Waals surface area contributed by atoms with Crippen LogP contribution in [-0.4, -0.2) is 41.1 Å². The van der Waals surface area contributed by atoms with Crippen LogP contribution in [0.5, 0.6) is 5.75 Å². The van der Waals surface area contributed by atoms with Crippen LogP contribution in [0.2, 0.25) is 5.02 Å². The second-order valence-corrected chi connectivity index (χ2v) is 11.1. The van der Waals surface area contributed by atoms with Crippen LogP contribution in [-0.2, 0) is 20.9 Å². The molecule has 3 aromatic rings. The molecule has 8 nitrogen and oxygen atoms in total. The van der Waals surface area contributed by atoms with Crippen molar-refractivity contribution in [1.29, 1.82) is 0 Å². The summed E-state index contributed by atoms with van der Waals surface area (Å²) < 4.78 is 24.9. The third kappa shape index (κ3) is 7.96. The Hall–Kier alpha value is -3.67. The lowest BCUT2D eigenvalue weighted by molar-refractivity contribution is -0.127. The first-order valence-electron chi connectivity index (χ1n) is 12.3. The Morgan fingerprint density at radius 3 is 2.59 bits per heavy atom. The van der Waals surface area contributed by atoms with Crippen molar-refractivity contribution in [3.8, 4) is 5.75 Å². The van der Waals surface area contributed by atoms with Gasteiger partial charge in [-0.3, -0.25) is 19.3 Å². The minimum Gasteiger partial charge on any atom is -0.488 e. The summed E-state index contributed by atoms with van der Waals surface area (Å²) in [4.78, 5) is 51.6. The predicted octanol–water partition coefficient (Wildman–Crippen LogP) is 7.06. The van der Waals surface area contributed by atoms with Gasteiger partial charge in [-0.1, -0.05) is 46.6 Å². The molecule has 3 amide bonds. The van der Waals surface area contributed by atoms with Gasteiger partial charge in [-0.25, -0.2) is 9.18 Å². The Morgan fingerprint density at radius 2 is 1.85 bits per heavy atom. The number of hydrogen-bond acceptors (Lipinski definition) is 7. The topological polar surface area (TPSA) is 102 Å². The van der Waals surface area contributed by atoms with E-state index < -0.39 is 29.6 Å². The Bertz CT molecular complexity index is 1530. The van der Waals surface area contributed by atoms with E-state index in [0.717, 1.165) is 14.9 Å². The van der Waals surface area contributed by atoms with E-state index in [2.05, 4.69) is 21.2 Å². The van der Waals surface area contributed by atoms with Crippen molar-refractivity contribution in [1.82, 2.24) is 4.90 Å². The number of amides is 3. The molecule has 0 aromatic heterocycles. The average molecular weight is 662 g/mol.